The van der Waals surface area contributed by atoms with Gasteiger partial charge in [0.1, 0.15) is 0 Å². The normalized spacial score (nSPS) is 16.3. The number of rotatable bonds is 3. The molecule has 0 aliphatic carbocycles. The van der Waals surface area contributed by atoms with Crippen LogP contribution in [0, 0.1) is 6.92 Å². The van der Waals surface area contributed by atoms with E-state index in [2.05, 4.69) is 58.9 Å². The summed E-state index contributed by atoms with van der Waals surface area (Å²) in [6.07, 6.45) is 1.17. The second-order valence-corrected chi connectivity index (χ2v) is 6.07. The Labute approximate surface area is 113 Å². The lowest BCUT2D eigenvalue weighted by atomic mass is 9.98. The summed E-state index contributed by atoms with van der Waals surface area (Å²) >= 11 is 3.69. The summed E-state index contributed by atoms with van der Waals surface area (Å²) in [5, 5.41) is 0. The summed E-state index contributed by atoms with van der Waals surface area (Å²) in [6.45, 7) is 6.76. The number of halogens is 1. The molecule has 0 amide bonds. The molecule has 0 N–H and O–H groups in total. The van der Waals surface area contributed by atoms with Crippen molar-refractivity contribution in [1.29, 1.82) is 0 Å². The molecule has 1 aromatic carbocycles. The monoisotopic (exact) mass is 296 g/mol. The maximum Gasteiger partial charge on any atom is 0.0237 e. The summed E-state index contributed by atoms with van der Waals surface area (Å²) in [5.41, 5.74) is 4.36. The minimum absolute atomic E-state index is 1.10. The second-order valence-electron chi connectivity index (χ2n) is 5.21. The van der Waals surface area contributed by atoms with Crippen LogP contribution in [0.5, 0.6) is 0 Å². The van der Waals surface area contributed by atoms with E-state index in [9.17, 15) is 0 Å². The Morgan fingerprint density at radius 3 is 2.82 bits per heavy atom. The Morgan fingerprint density at radius 2 is 2.12 bits per heavy atom. The van der Waals surface area contributed by atoms with Crippen LogP contribution in [0.2, 0.25) is 0 Å². The maximum absolute atomic E-state index is 3.69. The lowest BCUT2D eigenvalue weighted by Crippen LogP contribution is -2.36. The van der Waals surface area contributed by atoms with Crippen molar-refractivity contribution >= 4 is 15.9 Å². The standard InChI is InChI=1S/C14H21BrN2/c1-11-8-12-10-17(7-6-16(2)3)5-4-13(12)14(15)9-11/h8-9H,4-7,10H2,1-3H3. The first-order valence-corrected chi connectivity index (χ1v) is 7.00. The molecule has 1 heterocycles. The molecular weight excluding hydrogens is 276 g/mol. The smallest absolute Gasteiger partial charge is 0.0237 e. The van der Waals surface area contributed by atoms with E-state index in [1.807, 2.05) is 0 Å². The van der Waals surface area contributed by atoms with Crippen LogP contribution >= 0.6 is 15.9 Å². The largest absolute Gasteiger partial charge is 0.308 e. The topological polar surface area (TPSA) is 6.48 Å². The number of nitrogens with zero attached hydrogens (tertiary/aromatic N) is 2. The van der Waals surface area contributed by atoms with E-state index in [4.69, 9.17) is 0 Å². The minimum atomic E-state index is 1.10. The first-order valence-electron chi connectivity index (χ1n) is 6.21. The zero-order valence-corrected chi connectivity index (χ0v) is 12.5. The van der Waals surface area contributed by atoms with Crippen molar-refractivity contribution in [3.63, 3.8) is 0 Å². The highest BCUT2D eigenvalue weighted by Gasteiger charge is 2.18. The first-order chi connectivity index (χ1) is 8.06. The van der Waals surface area contributed by atoms with Crippen LogP contribution < -0.4 is 0 Å². The third-order valence-corrected chi connectivity index (χ3v) is 4.08. The fourth-order valence-electron chi connectivity index (χ4n) is 2.39. The number of hydrogen-bond donors (Lipinski definition) is 0. The summed E-state index contributed by atoms with van der Waals surface area (Å²) in [4.78, 5) is 4.80. The Morgan fingerprint density at radius 1 is 1.35 bits per heavy atom. The molecule has 3 heteroatoms. The van der Waals surface area contributed by atoms with Gasteiger partial charge in [-0.2, -0.15) is 0 Å². The number of hydrogen-bond acceptors (Lipinski definition) is 2. The van der Waals surface area contributed by atoms with Crippen molar-refractivity contribution in [2.75, 3.05) is 33.7 Å². The molecule has 0 saturated heterocycles. The molecule has 0 spiro atoms. The van der Waals surface area contributed by atoms with Crippen molar-refractivity contribution in [2.45, 2.75) is 19.9 Å². The molecule has 0 saturated carbocycles. The van der Waals surface area contributed by atoms with Crippen LogP contribution in [-0.4, -0.2) is 43.5 Å². The third kappa shape index (κ3) is 3.30. The zero-order valence-electron chi connectivity index (χ0n) is 11.0. The highest BCUT2D eigenvalue weighted by molar-refractivity contribution is 9.10. The molecule has 0 unspecified atom stereocenters. The van der Waals surface area contributed by atoms with Crippen LogP contribution in [0.1, 0.15) is 16.7 Å². The lowest BCUT2D eigenvalue weighted by Gasteiger charge is -2.30. The van der Waals surface area contributed by atoms with E-state index in [1.54, 1.807) is 0 Å². The van der Waals surface area contributed by atoms with Gasteiger partial charge in [0.2, 0.25) is 0 Å². The van der Waals surface area contributed by atoms with Gasteiger partial charge in [0.05, 0.1) is 0 Å². The molecule has 94 valence electrons. The summed E-state index contributed by atoms with van der Waals surface area (Å²) in [7, 11) is 4.28. The first kappa shape index (κ1) is 13.1. The van der Waals surface area contributed by atoms with Crippen LogP contribution in [0.4, 0.5) is 0 Å². The van der Waals surface area contributed by atoms with Gasteiger partial charge in [-0.1, -0.05) is 22.0 Å². The highest BCUT2D eigenvalue weighted by Crippen LogP contribution is 2.27. The van der Waals surface area contributed by atoms with Crippen molar-refractivity contribution < 1.29 is 0 Å². The van der Waals surface area contributed by atoms with E-state index in [0.717, 1.165) is 19.6 Å². The summed E-state index contributed by atoms with van der Waals surface area (Å²) in [5.74, 6) is 0. The molecule has 2 nitrogen and oxygen atoms in total. The molecule has 1 aliphatic rings. The second kappa shape index (κ2) is 5.51. The van der Waals surface area contributed by atoms with Gasteiger partial charge >= 0.3 is 0 Å². The van der Waals surface area contributed by atoms with E-state index in [-0.39, 0.29) is 0 Å². The van der Waals surface area contributed by atoms with Gasteiger partial charge in [-0.15, -0.1) is 0 Å². The third-order valence-electron chi connectivity index (χ3n) is 3.37. The van der Waals surface area contributed by atoms with Gasteiger partial charge in [-0.05, 0) is 50.2 Å². The molecule has 1 aliphatic heterocycles. The van der Waals surface area contributed by atoms with Crippen LogP contribution in [0.25, 0.3) is 0 Å². The summed E-state index contributed by atoms with van der Waals surface area (Å²) in [6, 6.07) is 4.57. The molecule has 0 fully saturated rings. The molecule has 1 aromatic rings. The molecule has 17 heavy (non-hydrogen) atoms. The van der Waals surface area contributed by atoms with E-state index in [1.165, 1.54) is 34.1 Å². The Bertz CT molecular complexity index is 401. The van der Waals surface area contributed by atoms with E-state index < -0.39 is 0 Å². The van der Waals surface area contributed by atoms with Crippen molar-refractivity contribution in [3.05, 3.63) is 33.3 Å². The van der Waals surface area contributed by atoms with Gasteiger partial charge in [-0.3, -0.25) is 4.90 Å². The minimum Gasteiger partial charge on any atom is -0.308 e. The predicted molar refractivity (Wildman–Crippen MR) is 76.4 cm³/mol. The Hall–Kier alpha value is -0.380. The summed E-state index contributed by atoms with van der Waals surface area (Å²) < 4.78 is 1.29. The van der Waals surface area contributed by atoms with Gasteiger partial charge in [0, 0.05) is 30.7 Å². The van der Waals surface area contributed by atoms with Gasteiger partial charge in [-0.25, -0.2) is 0 Å². The van der Waals surface area contributed by atoms with E-state index >= 15 is 0 Å². The van der Waals surface area contributed by atoms with Crippen LogP contribution in [0.15, 0.2) is 16.6 Å². The Kier molecular flexibility index (Phi) is 4.23. The van der Waals surface area contributed by atoms with Gasteiger partial charge < -0.3 is 4.90 Å². The van der Waals surface area contributed by atoms with Crippen LogP contribution in [-0.2, 0) is 13.0 Å². The van der Waals surface area contributed by atoms with Crippen molar-refractivity contribution in [1.82, 2.24) is 9.80 Å². The number of benzene rings is 1. The van der Waals surface area contributed by atoms with E-state index in [0.29, 0.717) is 0 Å². The molecular formula is C14H21BrN2. The SMILES string of the molecule is Cc1cc(Br)c2c(c1)CN(CCN(C)C)CC2. The fraction of sp³-hybridized carbons (Fsp3) is 0.571. The molecule has 0 bridgehead atoms. The number of aryl methyl sites for hydroxylation is 1. The van der Waals surface area contributed by atoms with Gasteiger partial charge in [0.25, 0.3) is 0 Å². The number of likely N-dealkylation sites (N-methyl/N-ethyl adjacent to an activating group) is 1. The lowest BCUT2D eigenvalue weighted by molar-refractivity contribution is 0.225. The van der Waals surface area contributed by atoms with Crippen molar-refractivity contribution in [3.8, 4) is 0 Å². The average Bonchev–Trinajstić information content (AvgIpc) is 2.25. The van der Waals surface area contributed by atoms with Crippen LogP contribution in [0.3, 0.4) is 0 Å². The highest BCUT2D eigenvalue weighted by atomic mass is 79.9. The fourth-order valence-corrected chi connectivity index (χ4v) is 3.20. The molecule has 0 aromatic heterocycles. The molecule has 2 rings (SSSR count). The van der Waals surface area contributed by atoms with Gasteiger partial charge in [0.15, 0.2) is 0 Å². The average molecular weight is 297 g/mol. The zero-order chi connectivity index (χ0) is 12.4. The molecule has 0 radical (unpaired) electrons. The maximum atomic E-state index is 3.69. The molecule has 0 atom stereocenters. The predicted octanol–water partition coefficient (Wildman–Crippen LogP) is 2.68. The quantitative estimate of drug-likeness (QED) is 0.846. The Balaban J connectivity index is 2.08. The van der Waals surface area contributed by atoms with Crippen molar-refractivity contribution in [2.24, 2.45) is 0 Å². The number of fused-ring (bicyclic) bond motifs is 1.